The number of nitrogens with one attached hydrogen (secondary N) is 1. The van der Waals surface area contributed by atoms with Crippen LogP contribution in [0.25, 0.3) is 0 Å². The highest BCUT2D eigenvalue weighted by molar-refractivity contribution is 5.76. The molecule has 1 unspecified atom stereocenters. The minimum Gasteiger partial charge on any atom is -0.481 e. The van der Waals surface area contributed by atoms with Crippen LogP contribution < -0.4 is 5.32 Å². The molecule has 2 rings (SSSR count). The second kappa shape index (κ2) is 6.34. The van der Waals surface area contributed by atoms with Gasteiger partial charge in [0.1, 0.15) is 5.76 Å². The van der Waals surface area contributed by atoms with Crippen LogP contribution >= 0.6 is 0 Å². The fraction of sp³-hybridized carbons (Fsp3) is 0.333. The lowest BCUT2D eigenvalue weighted by Gasteiger charge is -2.13. The number of hydrogen-bond acceptors (Lipinski definition) is 4. The van der Waals surface area contributed by atoms with Crippen LogP contribution in [-0.2, 0) is 11.3 Å². The van der Waals surface area contributed by atoms with Gasteiger partial charge >= 0.3 is 5.97 Å². The Morgan fingerprint density at radius 2 is 2.05 bits per heavy atom. The van der Waals surface area contributed by atoms with Gasteiger partial charge in [-0.2, -0.15) is 0 Å². The van der Waals surface area contributed by atoms with Crippen LogP contribution in [0.4, 0.5) is 0 Å². The SMILES string of the molecule is Cc1noc(C)c1CNCC(C(=O)O)c1ccccc1. The molecule has 0 aliphatic carbocycles. The van der Waals surface area contributed by atoms with E-state index in [-0.39, 0.29) is 0 Å². The normalized spacial score (nSPS) is 12.3. The van der Waals surface area contributed by atoms with Gasteiger partial charge in [0, 0.05) is 18.7 Å². The van der Waals surface area contributed by atoms with Gasteiger partial charge in [0.2, 0.25) is 0 Å². The van der Waals surface area contributed by atoms with Gasteiger partial charge in [0.05, 0.1) is 11.6 Å². The molecule has 1 aromatic carbocycles. The first-order valence-corrected chi connectivity index (χ1v) is 6.49. The first-order valence-electron chi connectivity index (χ1n) is 6.49. The van der Waals surface area contributed by atoms with Gasteiger partial charge in [-0.1, -0.05) is 35.5 Å². The Balaban J connectivity index is 1.99. The van der Waals surface area contributed by atoms with E-state index in [1.807, 2.05) is 44.2 Å². The Morgan fingerprint density at radius 1 is 1.35 bits per heavy atom. The number of carboxylic acids is 1. The zero-order valence-electron chi connectivity index (χ0n) is 11.6. The molecule has 2 aromatic rings. The average Bonchev–Trinajstić information content (AvgIpc) is 2.75. The van der Waals surface area contributed by atoms with E-state index in [9.17, 15) is 9.90 Å². The predicted molar refractivity (Wildman–Crippen MR) is 74.5 cm³/mol. The van der Waals surface area contributed by atoms with Gasteiger partial charge in [0.15, 0.2) is 0 Å². The predicted octanol–water partition coefficient (Wildman–Crippen LogP) is 2.25. The smallest absolute Gasteiger partial charge is 0.312 e. The van der Waals surface area contributed by atoms with Gasteiger partial charge in [-0.15, -0.1) is 0 Å². The third kappa shape index (κ3) is 3.24. The molecule has 20 heavy (non-hydrogen) atoms. The number of aromatic nitrogens is 1. The summed E-state index contributed by atoms with van der Waals surface area (Å²) in [6, 6.07) is 9.23. The van der Waals surface area contributed by atoms with E-state index < -0.39 is 11.9 Å². The van der Waals surface area contributed by atoms with Crippen molar-refractivity contribution in [2.24, 2.45) is 0 Å². The molecule has 1 aromatic heterocycles. The number of aliphatic carboxylic acids is 1. The van der Waals surface area contributed by atoms with E-state index in [1.54, 1.807) is 0 Å². The summed E-state index contributed by atoms with van der Waals surface area (Å²) in [5.41, 5.74) is 2.62. The van der Waals surface area contributed by atoms with Gasteiger partial charge in [-0.05, 0) is 19.4 Å². The molecule has 106 valence electrons. The van der Waals surface area contributed by atoms with Crippen molar-refractivity contribution in [3.05, 3.63) is 52.9 Å². The zero-order chi connectivity index (χ0) is 14.5. The molecular weight excluding hydrogens is 256 g/mol. The van der Waals surface area contributed by atoms with Crippen LogP contribution in [0.1, 0.15) is 28.5 Å². The molecule has 1 heterocycles. The van der Waals surface area contributed by atoms with E-state index >= 15 is 0 Å². The third-order valence-corrected chi connectivity index (χ3v) is 3.33. The fourth-order valence-electron chi connectivity index (χ4n) is 2.13. The number of rotatable bonds is 6. The fourth-order valence-corrected chi connectivity index (χ4v) is 2.13. The lowest BCUT2D eigenvalue weighted by molar-refractivity contribution is -0.138. The molecule has 0 radical (unpaired) electrons. The van der Waals surface area contributed by atoms with E-state index in [0.717, 1.165) is 22.6 Å². The largest absolute Gasteiger partial charge is 0.481 e. The molecule has 0 fully saturated rings. The lowest BCUT2D eigenvalue weighted by Crippen LogP contribution is -2.26. The van der Waals surface area contributed by atoms with Crippen LogP contribution in [0, 0.1) is 13.8 Å². The number of carboxylic acid groups (broad SMARTS) is 1. The summed E-state index contributed by atoms with van der Waals surface area (Å²) in [5.74, 6) is -0.624. The summed E-state index contributed by atoms with van der Waals surface area (Å²) in [7, 11) is 0. The molecule has 0 bridgehead atoms. The highest BCUT2D eigenvalue weighted by Gasteiger charge is 2.19. The molecule has 2 N–H and O–H groups in total. The van der Waals surface area contributed by atoms with Crippen molar-refractivity contribution in [2.45, 2.75) is 26.3 Å². The Labute approximate surface area is 117 Å². The van der Waals surface area contributed by atoms with E-state index in [0.29, 0.717) is 13.1 Å². The highest BCUT2D eigenvalue weighted by atomic mass is 16.5. The van der Waals surface area contributed by atoms with Crippen molar-refractivity contribution in [1.82, 2.24) is 10.5 Å². The summed E-state index contributed by atoms with van der Waals surface area (Å²) >= 11 is 0. The molecule has 0 saturated heterocycles. The van der Waals surface area contributed by atoms with Gasteiger partial charge in [-0.3, -0.25) is 4.79 Å². The third-order valence-electron chi connectivity index (χ3n) is 3.33. The van der Waals surface area contributed by atoms with Crippen molar-refractivity contribution < 1.29 is 14.4 Å². The molecular formula is C15H18N2O3. The Kier molecular flexibility index (Phi) is 4.53. The minimum absolute atomic E-state index is 0.364. The van der Waals surface area contributed by atoms with Crippen LogP contribution in [-0.4, -0.2) is 22.8 Å². The van der Waals surface area contributed by atoms with Crippen LogP contribution in [0.5, 0.6) is 0 Å². The maximum atomic E-state index is 11.4. The Bertz CT molecular complexity index is 559. The molecule has 0 spiro atoms. The Morgan fingerprint density at radius 3 is 2.60 bits per heavy atom. The van der Waals surface area contributed by atoms with Crippen LogP contribution in [0.2, 0.25) is 0 Å². The molecule has 0 amide bonds. The summed E-state index contributed by atoms with van der Waals surface area (Å²) in [6.45, 7) is 4.64. The van der Waals surface area contributed by atoms with Crippen molar-refractivity contribution >= 4 is 5.97 Å². The number of nitrogens with zero attached hydrogens (tertiary/aromatic N) is 1. The number of carbonyl (C=O) groups is 1. The summed E-state index contributed by atoms with van der Waals surface area (Å²) in [4.78, 5) is 11.4. The van der Waals surface area contributed by atoms with E-state index in [4.69, 9.17) is 4.52 Å². The molecule has 0 aliphatic rings. The first-order chi connectivity index (χ1) is 9.59. The van der Waals surface area contributed by atoms with Crippen molar-refractivity contribution in [2.75, 3.05) is 6.54 Å². The van der Waals surface area contributed by atoms with Crippen LogP contribution in [0.15, 0.2) is 34.9 Å². The maximum absolute atomic E-state index is 11.4. The van der Waals surface area contributed by atoms with E-state index in [1.165, 1.54) is 0 Å². The summed E-state index contributed by atoms with van der Waals surface area (Å²) in [5, 5.41) is 16.4. The van der Waals surface area contributed by atoms with Crippen molar-refractivity contribution in [3.8, 4) is 0 Å². The van der Waals surface area contributed by atoms with Gasteiger partial charge in [0.25, 0.3) is 0 Å². The standard InChI is InChI=1S/C15H18N2O3/c1-10-13(11(2)20-17-10)8-16-9-14(15(18)19)12-6-4-3-5-7-12/h3-7,14,16H,8-9H2,1-2H3,(H,18,19). The monoisotopic (exact) mass is 274 g/mol. The second-order valence-electron chi connectivity index (χ2n) is 4.74. The Hall–Kier alpha value is -2.14. The second-order valence-corrected chi connectivity index (χ2v) is 4.74. The van der Waals surface area contributed by atoms with Crippen LogP contribution in [0.3, 0.4) is 0 Å². The molecule has 5 heteroatoms. The van der Waals surface area contributed by atoms with Gasteiger partial charge in [-0.25, -0.2) is 0 Å². The first kappa shape index (κ1) is 14.3. The quantitative estimate of drug-likeness (QED) is 0.845. The molecule has 0 aliphatic heterocycles. The lowest BCUT2D eigenvalue weighted by atomic mass is 9.99. The zero-order valence-corrected chi connectivity index (χ0v) is 11.6. The average molecular weight is 274 g/mol. The topological polar surface area (TPSA) is 75.4 Å². The minimum atomic E-state index is -0.831. The van der Waals surface area contributed by atoms with Crippen molar-refractivity contribution in [3.63, 3.8) is 0 Å². The number of aryl methyl sites for hydroxylation is 2. The molecule has 5 nitrogen and oxygen atoms in total. The number of benzene rings is 1. The maximum Gasteiger partial charge on any atom is 0.312 e. The van der Waals surface area contributed by atoms with E-state index in [2.05, 4.69) is 10.5 Å². The highest BCUT2D eigenvalue weighted by Crippen LogP contribution is 2.16. The molecule has 0 saturated carbocycles. The summed E-state index contributed by atoms with van der Waals surface area (Å²) < 4.78 is 5.08. The number of hydrogen-bond donors (Lipinski definition) is 2. The van der Waals surface area contributed by atoms with Gasteiger partial charge < -0.3 is 14.9 Å². The van der Waals surface area contributed by atoms with Crippen molar-refractivity contribution in [1.29, 1.82) is 0 Å². The summed E-state index contributed by atoms with van der Waals surface area (Å²) in [6.07, 6.45) is 0. The molecule has 1 atom stereocenters.